The van der Waals surface area contributed by atoms with Crippen molar-refractivity contribution in [3.05, 3.63) is 35.3 Å². The molecule has 7 heteroatoms. The van der Waals surface area contributed by atoms with Gasteiger partial charge in [0.1, 0.15) is 5.69 Å². The third kappa shape index (κ3) is 1.78. The van der Waals surface area contributed by atoms with E-state index in [0.29, 0.717) is 5.69 Å². The average Bonchev–Trinajstić information content (AvgIpc) is 2.68. The number of halogens is 3. The molecule has 0 radical (unpaired) electrons. The lowest BCUT2D eigenvalue weighted by Gasteiger charge is -2.06. The second-order valence-electron chi connectivity index (χ2n) is 3.44. The fraction of sp³-hybridized carbons (Fsp3) is 0.200. The number of nitrogens with zero attached hydrogens (tertiary/aromatic N) is 3. The Bertz CT molecular complexity index is 565. The van der Waals surface area contributed by atoms with Crippen LogP contribution in [-0.4, -0.2) is 15.0 Å². The van der Waals surface area contributed by atoms with Crippen LogP contribution in [0.2, 0.25) is 0 Å². The molecule has 1 heterocycles. The van der Waals surface area contributed by atoms with Gasteiger partial charge in [0.15, 0.2) is 17.5 Å². The zero-order valence-electron chi connectivity index (χ0n) is 8.91. The van der Waals surface area contributed by atoms with Gasteiger partial charge in [0.05, 0.1) is 5.69 Å². The molecule has 2 aromatic rings. The Morgan fingerprint density at radius 1 is 1.24 bits per heavy atom. The summed E-state index contributed by atoms with van der Waals surface area (Å²) in [5.41, 5.74) is 5.86. The van der Waals surface area contributed by atoms with E-state index in [4.69, 9.17) is 5.73 Å². The van der Waals surface area contributed by atoms with Crippen molar-refractivity contribution >= 4 is 0 Å². The SMILES string of the molecule is Cn1nnc(CN)c1-c1ccc(F)c(F)c1F. The summed E-state index contributed by atoms with van der Waals surface area (Å²) in [5, 5.41) is 7.37. The van der Waals surface area contributed by atoms with Gasteiger partial charge in [-0.25, -0.2) is 17.9 Å². The van der Waals surface area contributed by atoms with E-state index in [1.165, 1.54) is 11.7 Å². The van der Waals surface area contributed by atoms with E-state index in [-0.39, 0.29) is 17.8 Å². The van der Waals surface area contributed by atoms with E-state index in [0.717, 1.165) is 12.1 Å². The van der Waals surface area contributed by atoms with Gasteiger partial charge in [-0.05, 0) is 12.1 Å². The van der Waals surface area contributed by atoms with E-state index < -0.39 is 17.5 Å². The average molecular weight is 242 g/mol. The fourth-order valence-corrected chi connectivity index (χ4v) is 1.58. The van der Waals surface area contributed by atoms with Crippen molar-refractivity contribution in [1.29, 1.82) is 0 Å². The van der Waals surface area contributed by atoms with Crippen molar-refractivity contribution in [3.8, 4) is 11.3 Å². The van der Waals surface area contributed by atoms with Gasteiger partial charge in [0, 0.05) is 19.2 Å². The molecule has 0 saturated heterocycles. The fourth-order valence-electron chi connectivity index (χ4n) is 1.58. The van der Waals surface area contributed by atoms with Crippen molar-refractivity contribution in [1.82, 2.24) is 15.0 Å². The molecule has 0 amide bonds. The number of hydrogen-bond donors (Lipinski definition) is 1. The molecular formula is C10H9F3N4. The lowest BCUT2D eigenvalue weighted by atomic mass is 10.1. The summed E-state index contributed by atoms with van der Waals surface area (Å²) in [6, 6.07) is 1.98. The lowest BCUT2D eigenvalue weighted by Crippen LogP contribution is -2.03. The minimum Gasteiger partial charge on any atom is -0.325 e. The number of rotatable bonds is 2. The van der Waals surface area contributed by atoms with Crippen molar-refractivity contribution < 1.29 is 13.2 Å². The Morgan fingerprint density at radius 3 is 2.59 bits per heavy atom. The van der Waals surface area contributed by atoms with Crippen LogP contribution in [0.25, 0.3) is 11.3 Å². The van der Waals surface area contributed by atoms with Crippen LogP contribution < -0.4 is 5.73 Å². The Hall–Kier alpha value is -1.89. The van der Waals surface area contributed by atoms with E-state index in [9.17, 15) is 13.2 Å². The molecule has 0 saturated carbocycles. The number of nitrogens with two attached hydrogens (primary N) is 1. The summed E-state index contributed by atoms with van der Waals surface area (Å²) >= 11 is 0. The topological polar surface area (TPSA) is 56.7 Å². The lowest BCUT2D eigenvalue weighted by molar-refractivity contribution is 0.448. The summed E-state index contributed by atoms with van der Waals surface area (Å²) < 4.78 is 40.8. The Labute approximate surface area is 94.9 Å². The molecule has 0 bridgehead atoms. The van der Waals surface area contributed by atoms with Crippen LogP contribution in [-0.2, 0) is 13.6 Å². The summed E-state index contributed by atoms with van der Waals surface area (Å²) in [6.07, 6.45) is 0. The second-order valence-corrected chi connectivity index (χ2v) is 3.44. The van der Waals surface area contributed by atoms with Crippen molar-refractivity contribution in [3.63, 3.8) is 0 Å². The normalized spacial score (nSPS) is 10.9. The maximum Gasteiger partial charge on any atom is 0.195 e. The summed E-state index contributed by atoms with van der Waals surface area (Å²) in [6.45, 7) is 0.0294. The van der Waals surface area contributed by atoms with Crippen LogP contribution in [0.4, 0.5) is 13.2 Å². The molecule has 0 fully saturated rings. The number of aromatic nitrogens is 3. The van der Waals surface area contributed by atoms with E-state index in [1.807, 2.05) is 0 Å². The molecule has 90 valence electrons. The van der Waals surface area contributed by atoms with Crippen LogP contribution in [0, 0.1) is 17.5 Å². The van der Waals surface area contributed by atoms with E-state index >= 15 is 0 Å². The standard InChI is InChI=1S/C10H9F3N4/c1-17-10(7(4-14)15-16-17)5-2-3-6(11)9(13)8(5)12/h2-3H,4,14H2,1H3. The number of aryl methyl sites for hydroxylation is 1. The van der Waals surface area contributed by atoms with Crippen LogP contribution >= 0.6 is 0 Å². The molecule has 0 aliphatic carbocycles. The molecule has 1 aromatic carbocycles. The Morgan fingerprint density at radius 2 is 1.94 bits per heavy atom. The summed E-state index contributed by atoms with van der Waals surface area (Å²) in [7, 11) is 1.52. The minimum atomic E-state index is -1.52. The molecule has 0 atom stereocenters. The van der Waals surface area contributed by atoms with Gasteiger partial charge in [-0.15, -0.1) is 5.10 Å². The van der Waals surface area contributed by atoms with Crippen molar-refractivity contribution in [2.24, 2.45) is 12.8 Å². The third-order valence-corrected chi connectivity index (χ3v) is 2.38. The quantitative estimate of drug-likeness (QED) is 0.809. The summed E-state index contributed by atoms with van der Waals surface area (Å²) in [4.78, 5) is 0. The largest absolute Gasteiger partial charge is 0.325 e. The highest BCUT2D eigenvalue weighted by molar-refractivity contribution is 5.62. The first-order chi connectivity index (χ1) is 8.06. The molecule has 2 rings (SSSR count). The molecule has 17 heavy (non-hydrogen) atoms. The van der Waals surface area contributed by atoms with Gasteiger partial charge in [-0.3, -0.25) is 0 Å². The second kappa shape index (κ2) is 4.17. The monoisotopic (exact) mass is 242 g/mol. The zero-order chi connectivity index (χ0) is 12.6. The predicted octanol–water partition coefficient (Wildman–Crippen LogP) is 1.36. The smallest absolute Gasteiger partial charge is 0.195 e. The number of benzene rings is 1. The van der Waals surface area contributed by atoms with Gasteiger partial charge in [0.25, 0.3) is 0 Å². The Balaban J connectivity index is 2.68. The minimum absolute atomic E-state index is 0.0294. The number of hydrogen-bond acceptors (Lipinski definition) is 3. The molecule has 0 unspecified atom stereocenters. The first-order valence-corrected chi connectivity index (χ1v) is 4.78. The maximum atomic E-state index is 13.6. The third-order valence-electron chi connectivity index (χ3n) is 2.38. The van der Waals surface area contributed by atoms with Crippen LogP contribution in [0.15, 0.2) is 12.1 Å². The molecule has 1 aromatic heterocycles. The molecular weight excluding hydrogens is 233 g/mol. The van der Waals surface area contributed by atoms with Gasteiger partial charge >= 0.3 is 0 Å². The highest BCUT2D eigenvalue weighted by Crippen LogP contribution is 2.27. The predicted molar refractivity (Wildman–Crippen MR) is 54.2 cm³/mol. The molecule has 4 nitrogen and oxygen atoms in total. The first kappa shape index (κ1) is 11.6. The Kier molecular flexibility index (Phi) is 2.84. The highest BCUT2D eigenvalue weighted by Gasteiger charge is 2.20. The summed E-state index contributed by atoms with van der Waals surface area (Å²) in [5.74, 6) is -4.03. The van der Waals surface area contributed by atoms with Crippen LogP contribution in [0.5, 0.6) is 0 Å². The highest BCUT2D eigenvalue weighted by atomic mass is 19.2. The molecule has 0 spiro atoms. The van der Waals surface area contributed by atoms with Gasteiger partial charge in [-0.2, -0.15) is 0 Å². The van der Waals surface area contributed by atoms with Crippen molar-refractivity contribution in [2.45, 2.75) is 6.54 Å². The molecule has 0 aliphatic rings. The van der Waals surface area contributed by atoms with Crippen LogP contribution in [0.3, 0.4) is 0 Å². The van der Waals surface area contributed by atoms with Crippen LogP contribution in [0.1, 0.15) is 5.69 Å². The maximum absolute atomic E-state index is 13.6. The van der Waals surface area contributed by atoms with Gasteiger partial charge in [0.2, 0.25) is 0 Å². The molecule has 0 aliphatic heterocycles. The van der Waals surface area contributed by atoms with Crippen molar-refractivity contribution in [2.75, 3.05) is 0 Å². The first-order valence-electron chi connectivity index (χ1n) is 4.78. The van der Waals surface area contributed by atoms with E-state index in [1.54, 1.807) is 0 Å². The van der Waals surface area contributed by atoms with E-state index in [2.05, 4.69) is 10.3 Å². The molecule has 2 N–H and O–H groups in total. The zero-order valence-corrected chi connectivity index (χ0v) is 8.91. The van der Waals surface area contributed by atoms with Gasteiger partial charge < -0.3 is 5.73 Å². The van der Waals surface area contributed by atoms with Gasteiger partial charge in [-0.1, -0.05) is 5.21 Å².